The van der Waals surface area contributed by atoms with E-state index in [0.29, 0.717) is 29.0 Å². The molecule has 2 aromatic carbocycles. The molecule has 5 nitrogen and oxygen atoms in total. The molecule has 0 radical (unpaired) electrons. The Bertz CT molecular complexity index is 724. The van der Waals surface area contributed by atoms with Crippen molar-refractivity contribution in [1.29, 1.82) is 0 Å². The van der Waals surface area contributed by atoms with Gasteiger partial charge in [-0.2, -0.15) is 0 Å². The summed E-state index contributed by atoms with van der Waals surface area (Å²) in [5.74, 6) is -0.302. The third-order valence-corrected chi connectivity index (χ3v) is 3.63. The standard InChI is InChI=1S/C20H22O5/c1-3-4-12-24-20(22)18-11-6-5-8-16(18)14-25-19(21)15-9-7-10-17(13-15)23-2/h5-11,13H,3-4,12,14H2,1-2H3. The molecular formula is C20H22O5. The summed E-state index contributed by atoms with van der Waals surface area (Å²) in [7, 11) is 1.53. The Morgan fingerprint density at radius 2 is 1.76 bits per heavy atom. The lowest BCUT2D eigenvalue weighted by Crippen LogP contribution is -2.12. The average Bonchev–Trinajstić information content (AvgIpc) is 2.66. The topological polar surface area (TPSA) is 61.8 Å². The summed E-state index contributed by atoms with van der Waals surface area (Å²) < 4.78 is 15.7. The van der Waals surface area contributed by atoms with E-state index in [4.69, 9.17) is 14.2 Å². The van der Waals surface area contributed by atoms with Gasteiger partial charge >= 0.3 is 11.9 Å². The van der Waals surface area contributed by atoms with Crippen molar-refractivity contribution in [2.24, 2.45) is 0 Å². The van der Waals surface area contributed by atoms with Gasteiger partial charge < -0.3 is 14.2 Å². The Hall–Kier alpha value is -2.82. The SMILES string of the molecule is CCCCOC(=O)c1ccccc1COC(=O)c1cccc(OC)c1. The summed E-state index contributed by atoms with van der Waals surface area (Å²) in [4.78, 5) is 24.3. The number of hydrogen-bond acceptors (Lipinski definition) is 5. The highest BCUT2D eigenvalue weighted by atomic mass is 16.5. The van der Waals surface area contributed by atoms with Crippen LogP contribution in [0.5, 0.6) is 5.75 Å². The molecule has 2 rings (SSSR count). The highest BCUT2D eigenvalue weighted by Crippen LogP contribution is 2.16. The zero-order valence-corrected chi connectivity index (χ0v) is 14.5. The van der Waals surface area contributed by atoms with Crippen molar-refractivity contribution < 1.29 is 23.8 Å². The van der Waals surface area contributed by atoms with Crippen LogP contribution >= 0.6 is 0 Å². The molecule has 5 heteroatoms. The van der Waals surface area contributed by atoms with Crippen molar-refractivity contribution in [3.63, 3.8) is 0 Å². The van der Waals surface area contributed by atoms with Crippen LogP contribution in [0.15, 0.2) is 48.5 Å². The number of ether oxygens (including phenoxy) is 3. The molecule has 0 saturated carbocycles. The maximum absolute atomic E-state index is 12.2. The number of benzene rings is 2. The second-order valence-electron chi connectivity index (χ2n) is 5.45. The van der Waals surface area contributed by atoms with Crippen molar-refractivity contribution >= 4 is 11.9 Å². The van der Waals surface area contributed by atoms with Gasteiger partial charge in [0.15, 0.2) is 0 Å². The first-order valence-electron chi connectivity index (χ1n) is 8.22. The van der Waals surface area contributed by atoms with Gasteiger partial charge in [0.05, 0.1) is 24.8 Å². The number of unbranched alkanes of at least 4 members (excludes halogenated alkanes) is 1. The van der Waals surface area contributed by atoms with Crippen LogP contribution < -0.4 is 4.74 Å². The molecule has 0 atom stereocenters. The first kappa shape index (κ1) is 18.5. The predicted molar refractivity (Wildman–Crippen MR) is 93.7 cm³/mol. The smallest absolute Gasteiger partial charge is 0.338 e. The van der Waals surface area contributed by atoms with Gasteiger partial charge in [-0.1, -0.05) is 37.6 Å². The molecule has 132 valence electrons. The van der Waals surface area contributed by atoms with Crippen molar-refractivity contribution in [2.75, 3.05) is 13.7 Å². The minimum Gasteiger partial charge on any atom is -0.497 e. The molecule has 0 heterocycles. The molecule has 0 fully saturated rings. The molecule has 0 unspecified atom stereocenters. The van der Waals surface area contributed by atoms with Crippen LogP contribution in [0.1, 0.15) is 46.0 Å². The first-order chi connectivity index (χ1) is 12.2. The first-order valence-corrected chi connectivity index (χ1v) is 8.22. The van der Waals surface area contributed by atoms with E-state index in [1.165, 1.54) is 7.11 Å². The number of methoxy groups -OCH3 is 1. The van der Waals surface area contributed by atoms with E-state index in [2.05, 4.69) is 0 Å². The molecule has 0 amide bonds. The van der Waals surface area contributed by atoms with E-state index in [0.717, 1.165) is 12.8 Å². The van der Waals surface area contributed by atoms with Crippen molar-refractivity contribution in [1.82, 2.24) is 0 Å². The Balaban J connectivity index is 2.02. The van der Waals surface area contributed by atoms with Crippen molar-refractivity contribution in [3.05, 3.63) is 65.2 Å². The van der Waals surface area contributed by atoms with Gasteiger partial charge in [0.2, 0.25) is 0 Å². The number of rotatable bonds is 8. The van der Waals surface area contributed by atoms with Crippen LogP contribution in [0.4, 0.5) is 0 Å². The fraction of sp³-hybridized carbons (Fsp3) is 0.300. The third kappa shape index (κ3) is 5.35. The Kier molecular flexibility index (Phi) is 7.01. The summed E-state index contributed by atoms with van der Waals surface area (Å²) in [5, 5.41) is 0. The monoisotopic (exact) mass is 342 g/mol. The quantitative estimate of drug-likeness (QED) is 0.536. The lowest BCUT2D eigenvalue weighted by molar-refractivity contribution is 0.0442. The molecule has 0 aliphatic carbocycles. The van der Waals surface area contributed by atoms with Gasteiger partial charge in [0.25, 0.3) is 0 Å². The molecule has 0 spiro atoms. The molecule has 0 aliphatic heterocycles. The summed E-state index contributed by atoms with van der Waals surface area (Å²) in [5.41, 5.74) is 1.42. The minimum atomic E-state index is -0.479. The van der Waals surface area contributed by atoms with Gasteiger partial charge in [-0.15, -0.1) is 0 Å². The van der Waals surface area contributed by atoms with Crippen molar-refractivity contribution in [2.45, 2.75) is 26.4 Å². The van der Waals surface area contributed by atoms with E-state index in [1.807, 2.05) is 6.92 Å². The van der Waals surface area contributed by atoms with E-state index in [-0.39, 0.29) is 6.61 Å². The maximum Gasteiger partial charge on any atom is 0.338 e. The van der Waals surface area contributed by atoms with Gasteiger partial charge in [-0.3, -0.25) is 0 Å². The molecular weight excluding hydrogens is 320 g/mol. The number of carbonyl (C=O) groups excluding carboxylic acids is 2. The predicted octanol–water partition coefficient (Wildman–Crippen LogP) is 4.01. The average molecular weight is 342 g/mol. The van der Waals surface area contributed by atoms with Crippen LogP contribution in [-0.4, -0.2) is 25.7 Å². The molecule has 2 aromatic rings. The summed E-state index contributed by atoms with van der Waals surface area (Å²) in [6.45, 7) is 2.40. The fourth-order valence-electron chi connectivity index (χ4n) is 2.21. The lowest BCUT2D eigenvalue weighted by Gasteiger charge is -2.10. The second kappa shape index (κ2) is 9.47. The maximum atomic E-state index is 12.2. The number of carbonyl (C=O) groups is 2. The normalized spacial score (nSPS) is 10.2. The molecule has 0 saturated heterocycles. The third-order valence-electron chi connectivity index (χ3n) is 3.63. The van der Waals surface area contributed by atoms with Crippen LogP contribution in [0.3, 0.4) is 0 Å². The lowest BCUT2D eigenvalue weighted by atomic mass is 10.1. The summed E-state index contributed by atoms with van der Waals surface area (Å²) in [6.07, 6.45) is 1.77. The van der Waals surface area contributed by atoms with Gasteiger partial charge in [0.1, 0.15) is 12.4 Å². The minimum absolute atomic E-state index is 0.00487. The zero-order chi connectivity index (χ0) is 18.1. The van der Waals surface area contributed by atoms with Gasteiger partial charge in [-0.25, -0.2) is 9.59 Å². The Labute approximate surface area is 147 Å². The highest BCUT2D eigenvalue weighted by molar-refractivity contribution is 5.92. The zero-order valence-electron chi connectivity index (χ0n) is 14.5. The fourth-order valence-corrected chi connectivity index (χ4v) is 2.21. The second-order valence-corrected chi connectivity index (χ2v) is 5.45. The van der Waals surface area contributed by atoms with E-state index in [1.54, 1.807) is 48.5 Å². The van der Waals surface area contributed by atoms with Crippen LogP contribution in [0.25, 0.3) is 0 Å². The van der Waals surface area contributed by atoms with E-state index in [9.17, 15) is 9.59 Å². The van der Waals surface area contributed by atoms with Crippen LogP contribution in [0, 0.1) is 0 Å². The number of esters is 2. The highest BCUT2D eigenvalue weighted by Gasteiger charge is 2.15. The van der Waals surface area contributed by atoms with Gasteiger partial charge in [-0.05, 0) is 30.7 Å². The number of hydrogen-bond donors (Lipinski definition) is 0. The van der Waals surface area contributed by atoms with Crippen molar-refractivity contribution in [3.8, 4) is 5.75 Å². The molecule has 0 N–H and O–H groups in total. The summed E-state index contributed by atoms with van der Waals surface area (Å²) >= 11 is 0. The van der Waals surface area contributed by atoms with Crippen LogP contribution in [-0.2, 0) is 16.1 Å². The summed E-state index contributed by atoms with van der Waals surface area (Å²) in [6, 6.07) is 13.7. The Morgan fingerprint density at radius 3 is 2.52 bits per heavy atom. The van der Waals surface area contributed by atoms with E-state index < -0.39 is 11.9 Å². The molecule has 0 aromatic heterocycles. The largest absolute Gasteiger partial charge is 0.497 e. The molecule has 25 heavy (non-hydrogen) atoms. The molecule has 0 bridgehead atoms. The van der Waals surface area contributed by atoms with Gasteiger partial charge in [0, 0.05) is 5.56 Å². The Morgan fingerprint density at radius 1 is 0.960 bits per heavy atom. The van der Waals surface area contributed by atoms with Crippen LogP contribution in [0.2, 0.25) is 0 Å². The molecule has 0 aliphatic rings. The van der Waals surface area contributed by atoms with E-state index >= 15 is 0 Å².